The molecule has 0 bridgehead atoms. The molecule has 146 valence electrons. The number of nitriles is 1. The molecule has 0 saturated heterocycles. The summed E-state index contributed by atoms with van der Waals surface area (Å²) in [5, 5.41) is 12.2. The summed E-state index contributed by atoms with van der Waals surface area (Å²) in [6.07, 6.45) is 5.56. The Morgan fingerprint density at radius 3 is 2.50 bits per heavy atom. The van der Waals surface area contributed by atoms with Crippen molar-refractivity contribution in [1.29, 1.82) is 5.26 Å². The molecule has 0 aliphatic carbocycles. The summed E-state index contributed by atoms with van der Waals surface area (Å²) in [7, 11) is 0. The van der Waals surface area contributed by atoms with Gasteiger partial charge in [-0.1, -0.05) is 58.0 Å². The highest BCUT2D eigenvalue weighted by molar-refractivity contribution is 5.98. The van der Waals surface area contributed by atoms with Crippen LogP contribution in [-0.2, 0) is 10.2 Å². The molecule has 0 aliphatic rings. The molecule has 1 aromatic carbocycles. The third-order valence-electron chi connectivity index (χ3n) is 5.13. The molecule has 0 fully saturated rings. The van der Waals surface area contributed by atoms with Crippen molar-refractivity contribution in [3.63, 3.8) is 0 Å². The van der Waals surface area contributed by atoms with Crippen LogP contribution in [0.1, 0.15) is 52.7 Å². The van der Waals surface area contributed by atoms with Crippen LogP contribution in [0.15, 0.2) is 55.3 Å². The SMILES string of the molecule is C=CC(CC)(CCC#N)c1ncccc1-c1ccccc1NC(=O)C(C)(C)C. The fourth-order valence-corrected chi connectivity index (χ4v) is 3.24. The van der Waals surface area contributed by atoms with Crippen LogP contribution in [0.3, 0.4) is 0 Å². The van der Waals surface area contributed by atoms with Crippen molar-refractivity contribution in [3.8, 4) is 17.2 Å². The van der Waals surface area contributed by atoms with E-state index in [4.69, 9.17) is 10.2 Å². The number of nitrogens with one attached hydrogen (secondary N) is 1. The van der Waals surface area contributed by atoms with Crippen LogP contribution < -0.4 is 5.32 Å². The average Bonchev–Trinajstić information content (AvgIpc) is 2.69. The Labute approximate surface area is 168 Å². The Hall–Kier alpha value is -2.93. The molecular formula is C24H29N3O. The largest absolute Gasteiger partial charge is 0.325 e. The third-order valence-corrected chi connectivity index (χ3v) is 5.13. The molecule has 4 heteroatoms. The van der Waals surface area contributed by atoms with Crippen LogP contribution in [-0.4, -0.2) is 10.9 Å². The number of allylic oxidation sites excluding steroid dienone is 1. The van der Waals surface area contributed by atoms with E-state index < -0.39 is 10.8 Å². The lowest BCUT2D eigenvalue weighted by Crippen LogP contribution is -2.28. The zero-order chi connectivity index (χ0) is 20.8. The molecule has 1 N–H and O–H groups in total. The first kappa shape index (κ1) is 21.4. The van der Waals surface area contributed by atoms with Gasteiger partial charge in [-0.2, -0.15) is 5.26 Å². The zero-order valence-electron chi connectivity index (χ0n) is 17.2. The number of para-hydroxylation sites is 1. The standard InChI is InChI=1S/C24H29N3O/c1-6-24(7-2,15-11-16-25)21-19(13-10-17-26-21)18-12-8-9-14-20(18)27-22(28)23(3,4)5/h6,8-10,12-14,17H,1,7,11,15H2,2-5H3,(H,27,28). The Bertz CT molecular complexity index is 889. The van der Waals surface area contributed by atoms with Crippen LogP contribution in [0.25, 0.3) is 11.1 Å². The van der Waals surface area contributed by atoms with Gasteiger partial charge in [0.05, 0.1) is 11.8 Å². The van der Waals surface area contributed by atoms with E-state index in [-0.39, 0.29) is 5.91 Å². The molecule has 4 nitrogen and oxygen atoms in total. The molecule has 0 spiro atoms. The first-order chi connectivity index (χ1) is 13.3. The lowest BCUT2D eigenvalue weighted by atomic mass is 9.75. The van der Waals surface area contributed by atoms with Crippen molar-refractivity contribution in [1.82, 2.24) is 4.98 Å². The molecule has 2 rings (SSSR count). The molecule has 1 heterocycles. The smallest absolute Gasteiger partial charge is 0.229 e. The Morgan fingerprint density at radius 1 is 1.21 bits per heavy atom. The first-order valence-electron chi connectivity index (χ1n) is 9.66. The highest BCUT2D eigenvalue weighted by Gasteiger charge is 2.31. The molecule has 1 unspecified atom stereocenters. The van der Waals surface area contributed by atoms with Crippen LogP contribution in [0.5, 0.6) is 0 Å². The number of hydrogen-bond acceptors (Lipinski definition) is 3. The number of amides is 1. The maximum atomic E-state index is 12.6. The maximum Gasteiger partial charge on any atom is 0.229 e. The monoisotopic (exact) mass is 375 g/mol. The van der Waals surface area contributed by atoms with Gasteiger partial charge >= 0.3 is 0 Å². The lowest BCUT2D eigenvalue weighted by molar-refractivity contribution is -0.123. The number of pyridine rings is 1. The molecule has 1 amide bonds. The number of hydrogen-bond donors (Lipinski definition) is 1. The number of rotatable bonds is 7. The van der Waals surface area contributed by atoms with Crippen LogP contribution in [0, 0.1) is 16.7 Å². The minimum atomic E-state index is -0.494. The summed E-state index contributed by atoms with van der Waals surface area (Å²) in [6.45, 7) is 11.8. The van der Waals surface area contributed by atoms with Gasteiger partial charge in [0.2, 0.25) is 5.91 Å². The minimum Gasteiger partial charge on any atom is -0.325 e. The summed E-state index contributed by atoms with van der Waals surface area (Å²) in [6, 6.07) is 13.9. The summed E-state index contributed by atoms with van der Waals surface area (Å²) in [4.78, 5) is 17.3. The minimum absolute atomic E-state index is 0.0413. The van der Waals surface area contributed by atoms with E-state index in [0.717, 1.165) is 28.9 Å². The van der Waals surface area contributed by atoms with Gasteiger partial charge in [0, 0.05) is 40.3 Å². The number of anilines is 1. The van der Waals surface area contributed by atoms with Crippen molar-refractivity contribution in [2.45, 2.75) is 52.4 Å². The summed E-state index contributed by atoms with van der Waals surface area (Å²) in [5.41, 5.74) is 2.62. The van der Waals surface area contributed by atoms with Gasteiger partial charge in [0.25, 0.3) is 0 Å². The quantitative estimate of drug-likeness (QED) is 0.615. The number of benzene rings is 1. The van der Waals surface area contributed by atoms with Gasteiger partial charge in [-0.05, 0) is 25.0 Å². The van der Waals surface area contributed by atoms with E-state index in [1.54, 1.807) is 6.20 Å². The van der Waals surface area contributed by atoms with Crippen molar-refractivity contribution >= 4 is 11.6 Å². The Balaban J connectivity index is 2.61. The number of carbonyl (C=O) groups is 1. The first-order valence-corrected chi connectivity index (χ1v) is 9.66. The van der Waals surface area contributed by atoms with E-state index in [2.05, 4.69) is 24.9 Å². The van der Waals surface area contributed by atoms with Gasteiger partial charge < -0.3 is 5.32 Å². The average molecular weight is 376 g/mol. The predicted molar refractivity (Wildman–Crippen MR) is 115 cm³/mol. The third kappa shape index (κ3) is 4.48. The van der Waals surface area contributed by atoms with Gasteiger partial charge in [-0.15, -0.1) is 6.58 Å². The van der Waals surface area contributed by atoms with E-state index >= 15 is 0 Å². The summed E-state index contributed by atoms with van der Waals surface area (Å²) < 4.78 is 0. The fourth-order valence-electron chi connectivity index (χ4n) is 3.24. The van der Waals surface area contributed by atoms with Crippen LogP contribution >= 0.6 is 0 Å². The van der Waals surface area contributed by atoms with Crippen molar-refractivity contribution in [2.75, 3.05) is 5.32 Å². The maximum absolute atomic E-state index is 12.6. The summed E-state index contributed by atoms with van der Waals surface area (Å²) >= 11 is 0. The van der Waals surface area contributed by atoms with Gasteiger partial charge in [-0.3, -0.25) is 9.78 Å². The second-order valence-electron chi connectivity index (χ2n) is 8.02. The number of aromatic nitrogens is 1. The second-order valence-corrected chi connectivity index (χ2v) is 8.02. The van der Waals surface area contributed by atoms with Gasteiger partial charge in [0.15, 0.2) is 0 Å². The molecule has 1 atom stereocenters. The Morgan fingerprint density at radius 2 is 1.89 bits per heavy atom. The van der Waals surface area contributed by atoms with E-state index in [1.807, 2.05) is 63.2 Å². The van der Waals surface area contributed by atoms with E-state index in [1.165, 1.54) is 0 Å². The fraction of sp³-hybridized carbons (Fsp3) is 0.375. The lowest BCUT2D eigenvalue weighted by Gasteiger charge is -2.30. The van der Waals surface area contributed by atoms with Crippen LogP contribution in [0.4, 0.5) is 5.69 Å². The van der Waals surface area contributed by atoms with Crippen LogP contribution in [0.2, 0.25) is 0 Å². The molecule has 2 aromatic rings. The van der Waals surface area contributed by atoms with Crippen molar-refractivity contribution in [3.05, 3.63) is 60.9 Å². The molecule has 1 aromatic heterocycles. The number of carbonyl (C=O) groups excluding carboxylic acids is 1. The van der Waals surface area contributed by atoms with Gasteiger partial charge in [-0.25, -0.2) is 0 Å². The highest BCUT2D eigenvalue weighted by atomic mass is 16.2. The van der Waals surface area contributed by atoms with Crippen molar-refractivity contribution in [2.24, 2.45) is 5.41 Å². The van der Waals surface area contributed by atoms with Gasteiger partial charge in [0.1, 0.15) is 0 Å². The highest BCUT2D eigenvalue weighted by Crippen LogP contribution is 2.40. The number of nitrogens with zero attached hydrogens (tertiary/aromatic N) is 2. The van der Waals surface area contributed by atoms with Crippen molar-refractivity contribution < 1.29 is 4.79 Å². The molecular weight excluding hydrogens is 346 g/mol. The summed E-state index contributed by atoms with van der Waals surface area (Å²) in [5.74, 6) is -0.0413. The molecule has 28 heavy (non-hydrogen) atoms. The second kappa shape index (κ2) is 8.84. The zero-order valence-corrected chi connectivity index (χ0v) is 17.2. The topological polar surface area (TPSA) is 65.8 Å². The Kier molecular flexibility index (Phi) is 6.75. The molecule has 0 aliphatic heterocycles. The molecule has 0 radical (unpaired) electrons. The van der Waals surface area contributed by atoms with E-state index in [0.29, 0.717) is 12.8 Å². The normalized spacial score (nSPS) is 13.2. The molecule has 0 saturated carbocycles. The van der Waals surface area contributed by atoms with E-state index in [9.17, 15) is 4.79 Å². The predicted octanol–water partition coefficient (Wildman–Crippen LogP) is 5.87.